The maximum absolute atomic E-state index is 14.3. The highest BCUT2D eigenvalue weighted by Crippen LogP contribution is 2.50. The molecule has 1 fully saturated rings. The maximum atomic E-state index is 14.3. The minimum atomic E-state index is -1.45. The lowest BCUT2D eigenvalue weighted by Crippen LogP contribution is -2.57. The summed E-state index contributed by atoms with van der Waals surface area (Å²) in [5, 5.41) is 11.7. The molecule has 3 aromatic heterocycles. The maximum Gasteiger partial charge on any atom is 0.345 e. The molecule has 1 N–H and O–H groups in total. The van der Waals surface area contributed by atoms with Gasteiger partial charge in [-0.3, -0.25) is 9.80 Å². The lowest BCUT2D eigenvalue weighted by atomic mass is 9.96. The molecule has 4 bridgehead atoms. The first-order valence-corrected chi connectivity index (χ1v) is 22.8. The van der Waals surface area contributed by atoms with Gasteiger partial charge in [0.25, 0.3) is 0 Å². The summed E-state index contributed by atoms with van der Waals surface area (Å²) in [6, 6.07) is 25.2. The smallest absolute Gasteiger partial charge is 0.345 e. The molecule has 3 aliphatic heterocycles. The third kappa shape index (κ3) is 9.34. The molecule has 6 heterocycles. The molecule has 10 rings (SSSR count). The number of thiophene rings is 1. The van der Waals surface area contributed by atoms with Gasteiger partial charge in [-0.25, -0.2) is 29.1 Å². The second-order valence-corrected chi connectivity index (χ2v) is 18.0. The van der Waals surface area contributed by atoms with Crippen LogP contribution in [0.25, 0.3) is 43.2 Å². The van der Waals surface area contributed by atoms with E-state index in [0.717, 1.165) is 34.7 Å². The number of nitrogens with zero attached hydrogens (tertiary/aromatic N) is 6. The predicted octanol–water partition coefficient (Wildman–Crippen LogP) is 9.41. The Morgan fingerprint density at radius 2 is 1.74 bits per heavy atom. The number of ether oxygens (including phenoxy) is 5. The number of aromatic nitrogens is 4. The van der Waals surface area contributed by atoms with E-state index in [0.29, 0.717) is 85.1 Å². The van der Waals surface area contributed by atoms with Crippen LogP contribution in [0, 0.1) is 12.7 Å². The highest BCUT2D eigenvalue weighted by atomic mass is 35.5. The highest BCUT2D eigenvalue weighted by molar-refractivity contribution is 7.22. The standard InChI is InChI=1S/C50H48ClFN6O7S/c1-28-22-58(23-29(2)57(28)4)24-36-26-62-35-14-16-39(63-25-34-18-19-53-47(56-34)38-8-6-7-9-40(38)61-5)32(20-35)21-42(50(59)60)65-48-44-43(37-15-17-41(64-36)45(51)30(37)3)46(66-49(44)55-27-54-48)31-10-12-33(52)13-11-31/h6-20,27-29,36,42H,21-26H2,1-5H3,(H,59,60)/t28-,29+,36-,42-/m1/s1. The van der Waals surface area contributed by atoms with Crippen LogP contribution in [0.1, 0.15) is 30.7 Å². The quantitative estimate of drug-likeness (QED) is 0.147. The monoisotopic (exact) mass is 930 g/mol. The summed E-state index contributed by atoms with van der Waals surface area (Å²) in [4.78, 5) is 37.7. The summed E-state index contributed by atoms with van der Waals surface area (Å²) < 4.78 is 46.1. The van der Waals surface area contributed by atoms with Gasteiger partial charge in [0.1, 0.15) is 59.3 Å². The number of benzene rings is 4. The Morgan fingerprint density at radius 1 is 0.955 bits per heavy atom. The number of fused-ring (bicyclic) bond motifs is 7. The first-order chi connectivity index (χ1) is 31.9. The lowest BCUT2D eigenvalue weighted by molar-refractivity contribution is -0.145. The normalized spacial score (nSPS) is 19.1. The van der Waals surface area contributed by atoms with E-state index < -0.39 is 18.2 Å². The molecule has 4 atom stereocenters. The largest absolute Gasteiger partial charge is 0.496 e. The first-order valence-electron chi connectivity index (χ1n) is 21.6. The Morgan fingerprint density at radius 3 is 2.52 bits per heavy atom. The zero-order valence-electron chi connectivity index (χ0n) is 37.0. The molecule has 0 radical (unpaired) electrons. The molecule has 3 aliphatic rings. The predicted molar refractivity (Wildman–Crippen MR) is 252 cm³/mol. The number of rotatable bonds is 9. The van der Waals surface area contributed by atoms with Crippen LogP contribution in [-0.4, -0.2) is 106 Å². The Labute approximate surface area is 390 Å². The van der Waals surface area contributed by atoms with Crippen LogP contribution in [-0.2, 0) is 17.8 Å². The van der Waals surface area contributed by atoms with Gasteiger partial charge in [0.05, 0.1) is 28.8 Å². The minimum absolute atomic E-state index is 0.0442. The van der Waals surface area contributed by atoms with Crippen LogP contribution in [0.3, 0.4) is 0 Å². The van der Waals surface area contributed by atoms with Crippen LogP contribution in [0.15, 0.2) is 97.5 Å². The molecule has 7 aromatic rings. The molecule has 0 spiro atoms. The fourth-order valence-electron chi connectivity index (χ4n) is 8.57. The van der Waals surface area contributed by atoms with Crippen LogP contribution in [0.2, 0.25) is 5.02 Å². The van der Waals surface area contributed by atoms with Gasteiger partial charge in [-0.2, -0.15) is 0 Å². The van der Waals surface area contributed by atoms with Gasteiger partial charge in [-0.1, -0.05) is 41.9 Å². The van der Waals surface area contributed by atoms with Gasteiger partial charge in [-0.05, 0) is 99.1 Å². The number of carboxylic acids is 1. The SMILES string of the molecule is COc1ccccc1-c1nccc(COc2ccc3cc2C[C@H](C(=O)O)Oc2ncnc4sc(-c5ccc(F)cc5)c(c24)-c2ccc(c(Cl)c2C)O[C@H](CN2C[C@@H](C)N(C)[C@@H](C)C2)CO3)n1. The molecule has 0 amide bonds. The number of carbonyl (C=O) groups is 1. The molecule has 0 unspecified atom stereocenters. The molecule has 16 heteroatoms. The first kappa shape index (κ1) is 44.8. The summed E-state index contributed by atoms with van der Waals surface area (Å²) in [6.07, 6.45) is 0.955. The third-order valence-electron chi connectivity index (χ3n) is 12.2. The highest BCUT2D eigenvalue weighted by Gasteiger charge is 2.32. The van der Waals surface area contributed by atoms with E-state index in [9.17, 15) is 14.3 Å². The summed E-state index contributed by atoms with van der Waals surface area (Å²) in [5.41, 5.74) is 4.65. The Kier molecular flexibility index (Phi) is 13.0. The number of methoxy groups -OCH3 is 1. The van der Waals surface area contributed by atoms with E-state index in [1.165, 1.54) is 29.8 Å². The van der Waals surface area contributed by atoms with Crippen molar-refractivity contribution < 1.29 is 38.0 Å². The number of likely N-dealkylation sites (N-methyl/N-ethyl adjacent to an activating group) is 1. The van der Waals surface area contributed by atoms with Crippen molar-refractivity contribution >= 4 is 39.1 Å². The van der Waals surface area contributed by atoms with Crippen molar-refractivity contribution in [1.29, 1.82) is 0 Å². The molecular weight excluding hydrogens is 883 g/mol. The molecule has 340 valence electrons. The van der Waals surface area contributed by atoms with Crippen LogP contribution in [0.5, 0.6) is 28.9 Å². The molecule has 0 saturated carbocycles. The van der Waals surface area contributed by atoms with E-state index in [2.05, 4.69) is 45.6 Å². The molecule has 1 saturated heterocycles. The zero-order valence-corrected chi connectivity index (χ0v) is 38.6. The van der Waals surface area contributed by atoms with Crippen molar-refractivity contribution in [3.63, 3.8) is 0 Å². The van der Waals surface area contributed by atoms with E-state index >= 15 is 0 Å². The van der Waals surface area contributed by atoms with E-state index in [4.69, 9.17) is 40.3 Å². The average molecular weight is 931 g/mol. The van der Waals surface area contributed by atoms with E-state index in [1.54, 1.807) is 49.7 Å². The van der Waals surface area contributed by atoms with Gasteiger partial charge in [0, 0.05) is 60.3 Å². The van der Waals surface area contributed by atoms with E-state index in [1.807, 2.05) is 43.3 Å². The number of hydrogen-bond donors (Lipinski definition) is 1. The number of hydrogen-bond acceptors (Lipinski definition) is 13. The van der Waals surface area contributed by atoms with E-state index in [-0.39, 0.29) is 31.3 Å². The summed E-state index contributed by atoms with van der Waals surface area (Å²) in [7, 11) is 3.74. The number of halogens is 2. The summed E-state index contributed by atoms with van der Waals surface area (Å²) >= 11 is 8.64. The Balaban J connectivity index is 1.14. The second-order valence-electron chi connectivity index (χ2n) is 16.6. The van der Waals surface area contributed by atoms with Crippen molar-refractivity contribution in [1.82, 2.24) is 29.7 Å². The molecule has 4 aromatic carbocycles. The number of carboxylic acid groups (broad SMARTS) is 1. The van der Waals surface area contributed by atoms with Crippen LogP contribution < -0.4 is 23.7 Å². The van der Waals surface area contributed by atoms with Gasteiger partial charge in [0.2, 0.25) is 12.0 Å². The van der Waals surface area contributed by atoms with Crippen LogP contribution >= 0.6 is 22.9 Å². The van der Waals surface area contributed by atoms with Gasteiger partial charge >= 0.3 is 5.97 Å². The molecule has 66 heavy (non-hydrogen) atoms. The second kappa shape index (κ2) is 19.2. The Bertz CT molecular complexity index is 2890. The van der Waals surface area contributed by atoms with Crippen molar-refractivity contribution in [3.8, 4) is 61.8 Å². The summed E-state index contributed by atoms with van der Waals surface area (Å²) in [6.45, 7) is 8.78. The topological polar surface area (TPSA) is 141 Å². The molecular formula is C50H48ClFN6O7S. The molecule has 0 aliphatic carbocycles. The van der Waals surface area contributed by atoms with Crippen molar-refractivity contribution in [2.45, 2.75) is 58.1 Å². The third-order valence-corrected chi connectivity index (χ3v) is 13.8. The number of piperazine rings is 1. The van der Waals surface area contributed by atoms with Gasteiger partial charge in [0.15, 0.2) is 5.82 Å². The average Bonchev–Trinajstić information content (AvgIpc) is 3.71. The molecule has 13 nitrogen and oxygen atoms in total. The number of aliphatic carboxylic acids is 1. The fourth-order valence-corrected chi connectivity index (χ4v) is 9.93. The zero-order chi connectivity index (χ0) is 46.1. The fraction of sp³-hybridized carbons (Fsp3) is 0.300. The minimum Gasteiger partial charge on any atom is -0.496 e. The van der Waals surface area contributed by atoms with Gasteiger partial charge in [-0.15, -0.1) is 11.3 Å². The van der Waals surface area contributed by atoms with Crippen LogP contribution in [0.4, 0.5) is 4.39 Å². The van der Waals surface area contributed by atoms with Gasteiger partial charge < -0.3 is 28.8 Å². The van der Waals surface area contributed by atoms with Crippen molar-refractivity contribution in [2.75, 3.05) is 40.4 Å². The Hall–Kier alpha value is -6.39. The van der Waals surface area contributed by atoms with Crippen molar-refractivity contribution in [3.05, 3.63) is 125 Å². The number of para-hydroxylation sites is 1. The van der Waals surface area contributed by atoms with Crippen molar-refractivity contribution in [2.24, 2.45) is 0 Å². The lowest BCUT2D eigenvalue weighted by Gasteiger charge is -2.43. The summed E-state index contributed by atoms with van der Waals surface area (Å²) in [5.74, 6) is 0.919.